The Labute approximate surface area is 166 Å². The first-order chi connectivity index (χ1) is 12.8. The lowest BCUT2D eigenvalue weighted by Gasteiger charge is -2.61. The predicted molar refractivity (Wildman–Crippen MR) is 101 cm³/mol. The Morgan fingerprint density at radius 3 is 2.61 bits per heavy atom. The lowest BCUT2D eigenvalue weighted by Crippen LogP contribution is -2.63. The standard InChI is InChI=1S/C20H30O7S/c1-17(9-10-26-28(23,24)25)7-8-20(22)13(12-17)11-14-15-18(2,16(21)27-14)5-4-6-19(15,20)3/h11,14-15,22H,4-10,12H2,1-3H3,(H,23,24,25)/t14-,15-,17+,18-,19-,20+/m0/s1. The fraction of sp³-hybridized carbons (Fsp3) is 0.850. The average molecular weight is 415 g/mol. The number of ether oxygens (including phenoxy) is 1. The Morgan fingerprint density at radius 2 is 1.93 bits per heavy atom. The van der Waals surface area contributed by atoms with E-state index in [-0.39, 0.29) is 30.0 Å². The van der Waals surface area contributed by atoms with E-state index in [1.807, 2.05) is 19.9 Å². The van der Waals surface area contributed by atoms with Crippen molar-refractivity contribution in [1.29, 1.82) is 0 Å². The van der Waals surface area contributed by atoms with Crippen molar-refractivity contribution >= 4 is 16.4 Å². The van der Waals surface area contributed by atoms with Gasteiger partial charge in [0.05, 0.1) is 17.6 Å². The normalized spacial score (nSPS) is 47.8. The zero-order valence-electron chi connectivity index (χ0n) is 16.7. The maximum absolute atomic E-state index is 12.7. The fourth-order valence-corrected chi connectivity index (χ4v) is 7.00. The Morgan fingerprint density at radius 1 is 1.21 bits per heavy atom. The van der Waals surface area contributed by atoms with Crippen LogP contribution in [0.5, 0.6) is 0 Å². The van der Waals surface area contributed by atoms with Gasteiger partial charge in [-0.3, -0.25) is 9.35 Å². The molecule has 3 fully saturated rings. The van der Waals surface area contributed by atoms with Crippen molar-refractivity contribution < 1.29 is 31.8 Å². The summed E-state index contributed by atoms with van der Waals surface area (Å²) < 4.78 is 40.8. The lowest BCUT2D eigenvalue weighted by atomic mass is 9.43. The Bertz CT molecular complexity index is 835. The molecule has 0 spiro atoms. The van der Waals surface area contributed by atoms with Crippen molar-refractivity contribution in [2.45, 2.75) is 77.4 Å². The van der Waals surface area contributed by atoms with E-state index in [4.69, 9.17) is 9.29 Å². The van der Waals surface area contributed by atoms with E-state index in [2.05, 4.69) is 11.1 Å². The molecule has 0 aromatic heterocycles. The van der Waals surface area contributed by atoms with Gasteiger partial charge in [-0.05, 0) is 62.5 Å². The Hall–Kier alpha value is -0.960. The summed E-state index contributed by atoms with van der Waals surface area (Å²) in [5, 5.41) is 11.9. The number of esters is 1. The third kappa shape index (κ3) is 2.79. The Kier molecular flexibility index (Phi) is 4.37. The molecule has 0 amide bonds. The van der Waals surface area contributed by atoms with Crippen LogP contribution >= 0.6 is 0 Å². The maximum Gasteiger partial charge on any atom is 0.397 e. The molecule has 1 saturated heterocycles. The van der Waals surface area contributed by atoms with Crippen LogP contribution in [0.15, 0.2) is 11.6 Å². The monoisotopic (exact) mass is 414 g/mol. The van der Waals surface area contributed by atoms with Crippen molar-refractivity contribution in [3.8, 4) is 0 Å². The molecule has 4 aliphatic rings. The maximum atomic E-state index is 12.7. The van der Waals surface area contributed by atoms with Crippen LogP contribution in [0.1, 0.15) is 65.7 Å². The van der Waals surface area contributed by atoms with E-state index in [0.29, 0.717) is 25.7 Å². The average Bonchev–Trinajstić information content (AvgIpc) is 2.81. The molecule has 0 radical (unpaired) electrons. The van der Waals surface area contributed by atoms with Gasteiger partial charge in [0.2, 0.25) is 0 Å². The van der Waals surface area contributed by atoms with Gasteiger partial charge in [-0.1, -0.05) is 20.3 Å². The minimum Gasteiger partial charge on any atom is -0.457 e. The van der Waals surface area contributed by atoms with Crippen molar-refractivity contribution in [1.82, 2.24) is 0 Å². The smallest absolute Gasteiger partial charge is 0.397 e. The first-order valence-corrected chi connectivity index (χ1v) is 11.5. The quantitative estimate of drug-likeness (QED) is 0.413. The highest BCUT2D eigenvalue weighted by Gasteiger charge is 2.70. The molecule has 7 nitrogen and oxygen atoms in total. The van der Waals surface area contributed by atoms with Crippen LogP contribution in [-0.4, -0.2) is 42.4 Å². The molecule has 3 aliphatic carbocycles. The van der Waals surface area contributed by atoms with E-state index in [0.717, 1.165) is 24.8 Å². The highest BCUT2D eigenvalue weighted by atomic mass is 32.3. The highest BCUT2D eigenvalue weighted by Crippen LogP contribution is 2.68. The molecule has 0 bridgehead atoms. The third-order valence-corrected chi connectivity index (χ3v) is 8.75. The van der Waals surface area contributed by atoms with Gasteiger partial charge in [-0.2, -0.15) is 8.42 Å². The van der Waals surface area contributed by atoms with E-state index in [1.165, 1.54) is 0 Å². The number of aliphatic hydroxyl groups is 1. The summed E-state index contributed by atoms with van der Waals surface area (Å²) >= 11 is 0. The number of carbonyl (C=O) groups excluding carboxylic acids is 1. The van der Waals surface area contributed by atoms with Crippen LogP contribution in [0.25, 0.3) is 0 Å². The number of rotatable bonds is 4. The first kappa shape index (κ1) is 20.3. The van der Waals surface area contributed by atoms with E-state index in [1.54, 1.807) is 0 Å². The molecule has 0 aromatic carbocycles. The van der Waals surface area contributed by atoms with Crippen LogP contribution in [0.2, 0.25) is 0 Å². The largest absolute Gasteiger partial charge is 0.457 e. The summed E-state index contributed by atoms with van der Waals surface area (Å²) in [5.41, 5.74) is -1.30. The van der Waals surface area contributed by atoms with E-state index in [9.17, 15) is 18.3 Å². The van der Waals surface area contributed by atoms with Gasteiger partial charge in [0.25, 0.3) is 0 Å². The molecule has 28 heavy (non-hydrogen) atoms. The van der Waals surface area contributed by atoms with Crippen LogP contribution in [0.3, 0.4) is 0 Å². The SMILES string of the molecule is C[C@]1(CCOS(=O)(=O)O)CC[C@@]2(O)C(=C[C@@H]3OC(=O)[C@@]4(C)CCC[C@@]2(C)[C@@H]34)C1. The van der Waals surface area contributed by atoms with Gasteiger partial charge in [0.15, 0.2) is 0 Å². The van der Waals surface area contributed by atoms with Crippen molar-refractivity contribution in [2.24, 2.45) is 22.2 Å². The van der Waals surface area contributed by atoms with Crippen LogP contribution in [-0.2, 0) is 24.1 Å². The molecular weight excluding hydrogens is 384 g/mol. The number of fused-ring (bicyclic) bond motifs is 2. The van der Waals surface area contributed by atoms with Gasteiger partial charge >= 0.3 is 16.4 Å². The molecule has 2 N–H and O–H groups in total. The van der Waals surface area contributed by atoms with Crippen molar-refractivity contribution in [2.75, 3.05) is 6.61 Å². The minimum absolute atomic E-state index is 0.0257. The lowest BCUT2D eigenvalue weighted by molar-refractivity contribution is -0.163. The van der Waals surface area contributed by atoms with Crippen LogP contribution in [0.4, 0.5) is 0 Å². The summed E-state index contributed by atoms with van der Waals surface area (Å²) in [6.45, 7) is 6.04. The minimum atomic E-state index is -4.45. The van der Waals surface area contributed by atoms with Crippen LogP contribution in [0, 0.1) is 22.2 Å². The molecular formula is C20H30O7S. The second-order valence-electron chi connectivity index (χ2n) is 10.1. The summed E-state index contributed by atoms with van der Waals surface area (Å²) in [5.74, 6) is -0.181. The molecule has 8 heteroatoms. The zero-order chi connectivity index (χ0) is 20.6. The highest BCUT2D eigenvalue weighted by molar-refractivity contribution is 7.80. The predicted octanol–water partition coefficient (Wildman–Crippen LogP) is 2.80. The van der Waals surface area contributed by atoms with Crippen molar-refractivity contribution in [3.63, 3.8) is 0 Å². The van der Waals surface area contributed by atoms with Gasteiger partial charge in [0, 0.05) is 11.3 Å². The number of carbonyl (C=O) groups is 1. The van der Waals surface area contributed by atoms with E-state index < -0.39 is 26.8 Å². The second kappa shape index (κ2) is 6.03. The molecule has 4 rings (SSSR count). The second-order valence-corrected chi connectivity index (χ2v) is 11.2. The molecule has 6 atom stereocenters. The molecule has 1 aliphatic heterocycles. The molecule has 1 heterocycles. The zero-order valence-corrected chi connectivity index (χ0v) is 17.5. The summed E-state index contributed by atoms with van der Waals surface area (Å²) in [7, 11) is -4.45. The summed E-state index contributed by atoms with van der Waals surface area (Å²) in [6.07, 6.45) is 6.51. The van der Waals surface area contributed by atoms with E-state index >= 15 is 0 Å². The van der Waals surface area contributed by atoms with Gasteiger partial charge in [0.1, 0.15) is 6.10 Å². The summed E-state index contributed by atoms with van der Waals surface area (Å²) in [4.78, 5) is 12.7. The van der Waals surface area contributed by atoms with Crippen molar-refractivity contribution in [3.05, 3.63) is 11.6 Å². The molecule has 158 valence electrons. The Balaban J connectivity index is 1.64. The number of hydrogen-bond acceptors (Lipinski definition) is 6. The van der Waals surface area contributed by atoms with Gasteiger partial charge in [-0.25, -0.2) is 4.18 Å². The third-order valence-electron chi connectivity index (χ3n) is 8.29. The van der Waals surface area contributed by atoms with Gasteiger partial charge < -0.3 is 9.84 Å². The molecule has 0 unspecified atom stereocenters. The topological polar surface area (TPSA) is 110 Å². The molecule has 2 saturated carbocycles. The molecule has 0 aromatic rings. The number of hydrogen-bond donors (Lipinski definition) is 2. The van der Waals surface area contributed by atoms with Gasteiger partial charge in [-0.15, -0.1) is 0 Å². The first-order valence-electron chi connectivity index (χ1n) is 10.1. The fourth-order valence-electron chi connectivity index (χ4n) is 6.70. The summed E-state index contributed by atoms with van der Waals surface area (Å²) in [6, 6.07) is 0. The van der Waals surface area contributed by atoms with Crippen LogP contribution < -0.4 is 0 Å².